The summed E-state index contributed by atoms with van der Waals surface area (Å²) in [5.74, 6) is -2.07. The van der Waals surface area contributed by atoms with Crippen LogP contribution in [0.5, 0.6) is 0 Å². The summed E-state index contributed by atoms with van der Waals surface area (Å²) in [5.41, 5.74) is 0. The topological polar surface area (TPSA) is 52.6 Å². The summed E-state index contributed by atoms with van der Waals surface area (Å²) in [6.45, 7) is 0. The van der Waals surface area contributed by atoms with Crippen molar-refractivity contribution < 1.29 is 23.8 Å². The zero-order chi connectivity index (χ0) is 7.28. The average molecular weight is 152 g/mol. The third-order valence-electron chi connectivity index (χ3n) is 0.602. The molecule has 0 saturated heterocycles. The van der Waals surface area contributed by atoms with Gasteiger partial charge >= 0.3 is 49.7 Å². The zero-order valence-corrected chi connectivity index (χ0v) is 4.72. The van der Waals surface area contributed by atoms with Gasteiger partial charge in [0.25, 0.3) is 0 Å². The number of esters is 1. The third-order valence-corrected chi connectivity index (χ3v) is 0.602. The van der Waals surface area contributed by atoms with Crippen molar-refractivity contribution in [1.29, 1.82) is 0 Å². The van der Waals surface area contributed by atoms with Gasteiger partial charge in [0.05, 0.1) is 7.11 Å². The zero-order valence-electron chi connectivity index (χ0n) is 4.72. The summed E-state index contributed by atoms with van der Waals surface area (Å²) >= 11 is 0. The Morgan fingerprint density at radius 3 is 2.00 bits per heavy atom. The molecule has 0 saturated carbocycles. The normalized spacial score (nSPS) is 6.73. The summed E-state index contributed by atoms with van der Waals surface area (Å²) in [7, 11) is 1.09. The van der Waals surface area contributed by atoms with Crippen LogP contribution in [-0.4, -0.2) is 56.8 Å². The first-order chi connectivity index (χ1) is 4.20. The van der Waals surface area contributed by atoms with E-state index < -0.39 is 18.4 Å². The predicted molar refractivity (Wildman–Crippen MR) is 38.1 cm³/mol. The Morgan fingerprint density at radius 2 is 1.73 bits per heavy atom. The molecule has 0 aliphatic heterocycles. The van der Waals surface area contributed by atoms with Crippen LogP contribution in [0.25, 0.3) is 0 Å². The molecule has 56 valence electrons. The molecule has 0 N–H and O–H groups in total. The minimum atomic E-state index is -1.25. The van der Waals surface area contributed by atoms with E-state index >= 15 is 0 Å². The fourth-order valence-corrected chi connectivity index (χ4v) is 0.217. The van der Waals surface area contributed by atoms with Crippen molar-refractivity contribution in [3.63, 3.8) is 0 Å². The number of hydrogen-bond donors (Lipinski definition) is 0. The van der Waals surface area contributed by atoms with Crippen molar-refractivity contribution in [2.45, 2.75) is 6.42 Å². The Bertz CT molecular complexity index is 115. The average Bonchev–Trinajstić information content (AvgIpc) is 1.87. The molecular weight excluding hydrogens is 145 g/mol. The molecule has 0 aromatic rings. The van der Waals surface area contributed by atoms with Gasteiger partial charge in [-0.25, -0.2) is 4.79 Å². The maximum absolute atomic E-state index is 10.8. The molecule has 0 amide bonds. The van der Waals surface area contributed by atoms with Crippen LogP contribution in [0.4, 0.5) is 4.53 Å². The van der Waals surface area contributed by atoms with Crippen LogP contribution >= 0.6 is 0 Å². The van der Waals surface area contributed by atoms with E-state index in [-0.39, 0.29) is 37.7 Å². The fourth-order valence-electron chi connectivity index (χ4n) is 0.217. The summed E-state index contributed by atoms with van der Waals surface area (Å²) in [6.07, 6.45) is -0.688. The van der Waals surface area contributed by atoms with Gasteiger partial charge in [-0.1, -0.05) is 0 Å². The van der Waals surface area contributed by atoms with E-state index in [4.69, 9.17) is 0 Å². The summed E-state index contributed by atoms with van der Waals surface area (Å²) in [5, 5.41) is 0. The van der Waals surface area contributed by atoms with Crippen LogP contribution in [0, 0.1) is 0 Å². The van der Waals surface area contributed by atoms with Crippen molar-refractivity contribution in [3.8, 4) is 0 Å². The quantitative estimate of drug-likeness (QED) is 0.279. The predicted octanol–water partition coefficient (Wildman–Crippen LogP) is -1.32. The van der Waals surface area contributed by atoms with Crippen molar-refractivity contribution in [2.24, 2.45) is 0 Å². The van der Waals surface area contributed by atoms with Gasteiger partial charge in [-0.15, -0.1) is 0 Å². The molecule has 0 fully saturated rings. The number of ether oxygens (including phenoxy) is 1. The second-order valence-corrected chi connectivity index (χ2v) is 1.20. The molecule has 0 unspecified atom stereocenters. The van der Waals surface area contributed by atoms with Crippen molar-refractivity contribution in [1.82, 2.24) is 0 Å². The monoisotopic (exact) mass is 152 g/mol. The van der Waals surface area contributed by atoms with Gasteiger partial charge in [0.15, 0.2) is 0 Å². The molecule has 0 aromatic heterocycles. The summed E-state index contributed by atoms with van der Waals surface area (Å²) < 4.78 is 14.8. The molecule has 0 spiro atoms. The van der Waals surface area contributed by atoms with Gasteiger partial charge in [0, 0.05) is 4.53 Å². The Hall–Kier alpha value is 0.0648. The van der Waals surface area contributed by atoms with E-state index in [9.17, 15) is 14.1 Å². The van der Waals surface area contributed by atoms with Gasteiger partial charge in [0.1, 0.15) is 6.42 Å². The second kappa shape index (κ2) is 10.1. The van der Waals surface area contributed by atoms with E-state index in [1.165, 1.54) is 0 Å². The van der Waals surface area contributed by atoms with Crippen molar-refractivity contribution in [2.75, 3.05) is 7.11 Å². The Kier molecular flexibility index (Phi) is 15.8. The number of hydrogen-bond acceptors (Lipinski definition) is 4. The van der Waals surface area contributed by atoms with E-state index in [0.29, 0.717) is 0 Å². The van der Waals surface area contributed by atoms with Crippen LogP contribution < -0.4 is 0 Å². The number of carbonyl (C=O) groups excluding carboxylic acids is 2. The Balaban J connectivity index is -0.000000320. The molecular formula is C4H7FLi2O4. The van der Waals surface area contributed by atoms with Crippen LogP contribution in [0.15, 0.2) is 0 Å². The molecule has 0 rings (SSSR count). The van der Waals surface area contributed by atoms with Crippen LogP contribution in [0.1, 0.15) is 6.42 Å². The summed E-state index contributed by atoms with van der Waals surface area (Å²) in [6, 6.07) is 0. The molecule has 4 nitrogen and oxygen atoms in total. The number of rotatable bonds is 2. The van der Waals surface area contributed by atoms with Gasteiger partial charge < -0.3 is 4.74 Å². The molecule has 0 aromatic carbocycles. The molecule has 11 heavy (non-hydrogen) atoms. The molecule has 7 heteroatoms. The minimum absolute atomic E-state index is 0. The molecule has 0 radical (unpaired) electrons. The third kappa shape index (κ3) is 10.1. The first-order valence-corrected chi connectivity index (χ1v) is 2.09. The van der Waals surface area contributed by atoms with Crippen molar-refractivity contribution >= 4 is 49.7 Å². The van der Waals surface area contributed by atoms with E-state index in [1.807, 2.05) is 0 Å². The molecule has 0 aliphatic carbocycles. The molecule has 0 bridgehead atoms. The Morgan fingerprint density at radius 1 is 1.27 bits per heavy atom. The van der Waals surface area contributed by atoms with Crippen LogP contribution in [0.2, 0.25) is 0 Å². The van der Waals surface area contributed by atoms with E-state index in [1.54, 1.807) is 0 Å². The molecule has 0 aliphatic rings. The maximum atomic E-state index is 10.8. The van der Waals surface area contributed by atoms with Gasteiger partial charge in [-0.2, -0.15) is 0 Å². The first kappa shape index (κ1) is 17.2. The summed E-state index contributed by atoms with van der Waals surface area (Å²) in [4.78, 5) is 22.7. The van der Waals surface area contributed by atoms with Gasteiger partial charge in [-0.05, 0) is 0 Å². The van der Waals surface area contributed by atoms with Crippen LogP contribution in [-0.2, 0) is 19.3 Å². The molecule has 0 heterocycles. The van der Waals surface area contributed by atoms with E-state index in [0.717, 1.165) is 7.11 Å². The fraction of sp³-hybridized carbons (Fsp3) is 0.500. The van der Waals surface area contributed by atoms with Gasteiger partial charge in [0.2, 0.25) is 0 Å². The SMILES string of the molecule is COC(=O)CC(=O)OF.[LiH].[LiH]. The van der Waals surface area contributed by atoms with Gasteiger partial charge in [-0.3, -0.25) is 9.74 Å². The van der Waals surface area contributed by atoms with Crippen LogP contribution in [0.3, 0.4) is 0 Å². The number of methoxy groups -OCH3 is 1. The first-order valence-electron chi connectivity index (χ1n) is 2.09. The number of halogens is 1. The molecule has 0 atom stereocenters. The number of carbonyl (C=O) groups is 2. The van der Waals surface area contributed by atoms with E-state index in [2.05, 4.69) is 9.68 Å². The second-order valence-electron chi connectivity index (χ2n) is 1.20. The van der Waals surface area contributed by atoms with Crippen molar-refractivity contribution in [3.05, 3.63) is 0 Å². The standard InChI is InChI=1S/C4H5FO4.2Li.2H/c1-8-3(6)2-4(7)9-5;;;;/h2H2,1H3;;;;. The Labute approximate surface area is 87.0 Å².